The average molecular weight is 629 g/mol. The summed E-state index contributed by atoms with van der Waals surface area (Å²) in [6.07, 6.45) is 11.6. The first kappa shape index (κ1) is 28.8. The maximum atomic E-state index is 10.5. The summed E-state index contributed by atoms with van der Waals surface area (Å²) in [5.41, 5.74) is 12.5. The lowest BCUT2D eigenvalue weighted by atomic mass is 9.82. The number of hydrogen-bond donors (Lipinski definition) is 0. The van der Waals surface area contributed by atoms with Crippen LogP contribution in [0.25, 0.3) is 44.2 Å². The van der Waals surface area contributed by atoms with E-state index in [4.69, 9.17) is 0 Å². The van der Waals surface area contributed by atoms with Crippen molar-refractivity contribution in [3.63, 3.8) is 0 Å². The van der Waals surface area contributed by atoms with Gasteiger partial charge in [0, 0.05) is 44.9 Å². The number of nitrogens with zero attached hydrogens (tertiary/aromatic N) is 4. The highest BCUT2D eigenvalue weighted by atomic mass is 15.2. The average Bonchev–Trinajstić information content (AvgIpc) is 3.68. The van der Waals surface area contributed by atoms with Gasteiger partial charge in [-0.1, -0.05) is 104 Å². The molecule has 6 aromatic rings. The van der Waals surface area contributed by atoms with E-state index in [-0.39, 0.29) is 17.9 Å². The second kappa shape index (κ2) is 11.4. The van der Waals surface area contributed by atoms with Crippen molar-refractivity contribution in [3.05, 3.63) is 168 Å². The number of aromatic nitrogens is 1. The van der Waals surface area contributed by atoms with Crippen LogP contribution in [-0.4, -0.2) is 10.6 Å². The lowest BCUT2D eigenvalue weighted by Gasteiger charge is -2.30. The second-order valence-electron chi connectivity index (χ2n) is 13.1. The van der Waals surface area contributed by atoms with Crippen molar-refractivity contribution in [1.82, 2.24) is 4.57 Å². The van der Waals surface area contributed by atoms with E-state index in [9.17, 15) is 10.5 Å². The van der Waals surface area contributed by atoms with Crippen LogP contribution in [0, 0.1) is 28.6 Å². The van der Waals surface area contributed by atoms with Gasteiger partial charge in [-0.05, 0) is 83.2 Å². The molecule has 1 aromatic heterocycles. The number of hydrogen-bond acceptors (Lipinski definition) is 3. The van der Waals surface area contributed by atoms with E-state index in [1.165, 1.54) is 27.4 Å². The van der Waals surface area contributed by atoms with Crippen LogP contribution in [-0.2, 0) is 0 Å². The molecule has 2 aliphatic carbocycles. The van der Waals surface area contributed by atoms with Gasteiger partial charge >= 0.3 is 0 Å². The third-order valence-corrected chi connectivity index (χ3v) is 10.5. The van der Waals surface area contributed by atoms with E-state index < -0.39 is 0 Å². The van der Waals surface area contributed by atoms with Crippen molar-refractivity contribution in [2.45, 2.75) is 25.3 Å². The van der Waals surface area contributed by atoms with Crippen molar-refractivity contribution >= 4 is 44.5 Å². The summed E-state index contributed by atoms with van der Waals surface area (Å²) in [5, 5.41) is 23.0. The van der Waals surface area contributed by atoms with E-state index in [2.05, 4.69) is 156 Å². The predicted octanol–water partition coefficient (Wildman–Crippen LogP) is 10.9. The predicted molar refractivity (Wildman–Crippen MR) is 200 cm³/mol. The Kier molecular flexibility index (Phi) is 6.71. The van der Waals surface area contributed by atoms with Gasteiger partial charge in [0.1, 0.15) is 0 Å². The maximum absolute atomic E-state index is 10.5. The Hall–Kier alpha value is -6.36. The fraction of sp³-hybridized carbons (Fsp3) is 0.111. The third kappa shape index (κ3) is 4.35. The van der Waals surface area contributed by atoms with Gasteiger partial charge in [0.2, 0.25) is 0 Å². The van der Waals surface area contributed by atoms with Crippen LogP contribution in [0.1, 0.15) is 36.0 Å². The fourth-order valence-electron chi connectivity index (χ4n) is 8.39. The highest BCUT2D eigenvalue weighted by Crippen LogP contribution is 2.51. The van der Waals surface area contributed by atoms with Crippen LogP contribution in [0.5, 0.6) is 0 Å². The molecule has 49 heavy (non-hydrogen) atoms. The van der Waals surface area contributed by atoms with Gasteiger partial charge in [-0.25, -0.2) is 0 Å². The molecule has 0 fully saturated rings. The zero-order chi connectivity index (χ0) is 33.1. The summed E-state index contributed by atoms with van der Waals surface area (Å²) in [7, 11) is 0. The van der Waals surface area contributed by atoms with Gasteiger partial charge in [0.15, 0.2) is 0 Å². The highest BCUT2D eigenvalue weighted by Gasteiger charge is 2.41. The molecular formula is C45H32N4. The van der Waals surface area contributed by atoms with Crippen LogP contribution < -0.4 is 4.90 Å². The first-order valence-electron chi connectivity index (χ1n) is 16.9. The molecule has 0 spiro atoms. The number of allylic oxidation sites excluding steroid dienone is 6. The monoisotopic (exact) mass is 628 g/mol. The van der Waals surface area contributed by atoms with E-state index in [0.717, 1.165) is 51.3 Å². The lowest BCUT2D eigenvalue weighted by Crippen LogP contribution is -2.30. The fourth-order valence-corrected chi connectivity index (χ4v) is 8.39. The number of benzene rings is 5. The number of anilines is 2. The van der Waals surface area contributed by atoms with E-state index in [0.29, 0.717) is 5.56 Å². The molecule has 3 unspecified atom stereocenters. The van der Waals surface area contributed by atoms with Crippen LogP contribution in [0.3, 0.4) is 0 Å². The first-order chi connectivity index (χ1) is 24.2. The number of fused-ring (bicyclic) bond motifs is 6. The molecule has 0 saturated carbocycles. The molecule has 3 atom stereocenters. The Morgan fingerprint density at radius 3 is 2.16 bits per heavy atom. The summed E-state index contributed by atoms with van der Waals surface area (Å²) in [4.78, 5) is 2.34. The summed E-state index contributed by atoms with van der Waals surface area (Å²) in [6.45, 7) is 2.31. The van der Waals surface area contributed by atoms with Gasteiger partial charge in [-0.2, -0.15) is 10.5 Å². The van der Waals surface area contributed by atoms with Crippen molar-refractivity contribution in [1.29, 1.82) is 10.5 Å². The number of para-hydroxylation sites is 3. The first-order valence-corrected chi connectivity index (χ1v) is 16.9. The Bertz CT molecular complexity index is 2490. The Labute approximate surface area is 286 Å². The summed E-state index contributed by atoms with van der Waals surface area (Å²) >= 11 is 0. The molecule has 232 valence electrons. The van der Waals surface area contributed by atoms with Gasteiger partial charge < -0.3 is 9.47 Å². The summed E-state index contributed by atoms with van der Waals surface area (Å²) in [5.74, 6) is 0.218. The van der Waals surface area contributed by atoms with Crippen LogP contribution in [0.4, 0.5) is 11.4 Å². The highest BCUT2D eigenvalue weighted by molar-refractivity contribution is 6.12. The van der Waals surface area contributed by atoms with Crippen LogP contribution in [0.2, 0.25) is 0 Å². The van der Waals surface area contributed by atoms with Crippen molar-refractivity contribution in [3.8, 4) is 23.3 Å². The Balaban J connectivity index is 1.26. The molecular weight excluding hydrogens is 597 g/mol. The second-order valence-corrected chi connectivity index (χ2v) is 13.1. The minimum atomic E-state index is -0.0358. The topological polar surface area (TPSA) is 55.8 Å². The molecule has 5 aromatic carbocycles. The van der Waals surface area contributed by atoms with Gasteiger partial charge in [0.25, 0.3) is 0 Å². The molecule has 0 bridgehead atoms. The van der Waals surface area contributed by atoms with Gasteiger partial charge in [-0.3, -0.25) is 0 Å². The SMILES string of the molecule is CC1CC=CC(n2c3ccccc3c3ccccc32)=C1c1ccccc1-c1cc(N2c3ccccc3C3C(C#N)=CC=CC32)ccc1C#N. The van der Waals surface area contributed by atoms with Crippen LogP contribution >= 0.6 is 0 Å². The lowest BCUT2D eigenvalue weighted by molar-refractivity contribution is 0.724. The summed E-state index contributed by atoms with van der Waals surface area (Å²) in [6, 6.07) is 45.4. The smallest absolute Gasteiger partial charge is 0.0998 e. The molecule has 0 saturated heterocycles. The standard InChI is InChI=1S/C45H32N4/c1-29-12-10-22-42(49-39-19-7-4-15-34(39)35-16-5-8-20-40(35)49)44(29)36-17-3-2-14-33(36)38-26-32(25-24-30(38)27-46)48-41-21-9-6-18-37(41)45-31(28-47)13-11-23-43(45)48/h2-11,13-26,29,43,45H,12H2,1H3. The minimum absolute atomic E-state index is 0.0267. The molecule has 1 aliphatic heterocycles. The largest absolute Gasteiger partial charge is 0.333 e. The third-order valence-electron chi connectivity index (χ3n) is 10.5. The van der Waals surface area contributed by atoms with E-state index >= 15 is 0 Å². The zero-order valence-corrected chi connectivity index (χ0v) is 27.1. The Morgan fingerprint density at radius 1 is 0.714 bits per heavy atom. The molecule has 3 aliphatic rings. The van der Waals surface area contributed by atoms with Gasteiger partial charge in [0.05, 0.1) is 34.8 Å². The zero-order valence-electron chi connectivity index (χ0n) is 27.1. The normalized spacial score (nSPS) is 19.4. The molecule has 0 amide bonds. The van der Waals surface area contributed by atoms with Crippen molar-refractivity contribution in [2.24, 2.45) is 5.92 Å². The van der Waals surface area contributed by atoms with Gasteiger partial charge in [-0.15, -0.1) is 0 Å². The Morgan fingerprint density at radius 2 is 1.41 bits per heavy atom. The number of nitriles is 2. The molecule has 0 radical (unpaired) electrons. The summed E-state index contributed by atoms with van der Waals surface area (Å²) < 4.78 is 2.42. The quantitative estimate of drug-likeness (QED) is 0.195. The van der Waals surface area contributed by atoms with E-state index in [1.807, 2.05) is 18.2 Å². The molecule has 4 heteroatoms. The van der Waals surface area contributed by atoms with Crippen molar-refractivity contribution < 1.29 is 0 Å². The molecule has 9 rings (SSSR count). The van der Waals surface area contributed by atoms with Crippen LogP contribution in [0.15, 0.2) is 151 Å². The maximum Gasteiger partial charge on any atom is 0.0998 e. The molecule has 2 heterocycles. The van der Waals surface area contributed by atoms with E-state index in [1.54, 1.807) is 0 Å². The minimum Gasteiger partial charge on any atom is -0.333 e. The van der Waals surface area contributed by atoms with Crippen molar-refractivity contribution in [2.75, 3.05) is 4.90 Å². The molecule has 4 nitrogen and oxygen atoms in total. The number of rotatable bonds is 4. The molecule has 0 N–H and O–H groups in total.